The van der Waals surface area contributed by atoms with E-state index in [1.807, 2.05) is 0 Å². The highest BCUT2D eigenvalue weighted by molar-refractivity contribution is 7.91. The van der Waals surface area contributed by atoms with Gasteiger partial charge in [0.2, 0.25) is 0 Å². The van der Waals surface area contributed by atoms with Crippen LogP contribution in [0.1, 0.15) is 12.8 Å². The predicted molar refractivity (Wildman–Crippen MR) is 70.2 cm³/mol. The molecule has 0 amide bonds. The molecule has 1 aliphatic carbocycles. The molecular formula is C13H19NO3S. The molecule has 0 aromatic heterocycles. The van der Waals surface area contributed by atoms with Crippen molar-refractivity contribution in [2.24, 2.45) is 0 Å². The van der Waals surface area contributed by atoms with E-state index in [0.29, 0.717) is 24.0 Å². The van der Waals surface area contributed by atoms with Gasteiger partial charge in [-0.05, 0) is 25.0 Å². The second kappa shape index (κ2) is 5.82. The highest BCUT2D eigenvalue weighted by atomic mass is 32.2. The van der Waals surface area contributed by atoms with E-state index < -0.39 is 9.84 Å². The Bertz CT molecular complexity index is 468. The topological polar surface area (TPSA) is 57.6 Å². The number of nitrogens with zero attached hydrogens (tertiary/aromatic N) is 1. The van der Waals surface area contributed by atoms with Crippen LogP contribution in [0.5, 0.6) is 0 Å². The molecule has 2 rings (SSSR count). The summed E-state index contributed by atoms with van der Waals surface area (Å²) in [5, 5.41) is 8.97. The standard InChI is InChI=1S/C13H19NO3S/c15-10-8-14(12-6-7-12)9-11-18(16,17)13-4-2-1-3-5-13/h1-5,12,15H,6-11H2. The molecule has 5 heteroatoms. The Morgan fingerprint density at radius 3 is 2.39 bits per heavy atom. The summed E-state index contributed by atoms with van der Waals surface area (Å²) in [6, 6.07) is 9.01. The van der Waals surface area contributed by atoms with Crippen LogP contribution in [0.15, 0.2) is 35.2 Å². The summed E-state index contributed by atoms with van der Waals surface area (Å²) in [6.07, 6.45) is 2.23. The molecule has 0 bridgehead atoms. The van der Waals surface area contributed by atoms with Crippen molar-refractivity contribution in [2.75, 3.05) is 25.4 Å². The normalized spacial score (nSPS) is 16.1. The monoisotopic (exact) mass is 269 g/mol. The molecule has 0 heterocycles. The minimum Gasteiger partial charge on any atom is -0.395 e. The molecule has 4 nitrogen and oxygen atoms in total. The minimum absolute atomic E-state index is 0.0852. The van der Waals surface area contributed by atoms with E-state index in [1.165, 1.54) is 0 Å². The van der Waals surface area contributed by atoms with Crippen LogP contribution in [0.25, 0.3) is 0 Å². The lowest BCUT2D eigenvalue weighted by Gasteiger charge is -2.20. The molecule has 1 aromatic carbocycles. The molecule has 0 atom stereocenters. The quantitative estimate of drug-likeness (QED) is 0.799. The van der Waals surface area contributed by atoms with Gasteiger partial charge in [-0.3, -0.25) is 4.90 Å². The Morgan fingerprint density at radius 2 is 1.83 bits per heavy atom. The van der Waals surface area contributed by atoms with E-state index in [4.69, 9.17) is 5.11 Å². The molecule has 18 heavy (non-hydrogen) atoms. The predicted octanol–water partition coefficient (Wildman–Crippen LogP) is 0.917. The third kappa shape index (κ3) is 3.54. The van der Waals surface area contributed by atoms with E-state index in [9.17, 15) is 8.42 Å². The molecule has 1 aromatic rings. The van der Waals surface area contributed by atoms with Crippen LogP contribution in [0, 0.1) is 0 Å². The van der Waals surface area contributed by atoms with E-state index >= 15 is 0 Å². The fourth-order valence-electron chi connectivity index (χ4n) is 2.03. The Balaban J connectivity index is 1.96. The van der Waals surface area contributed by atoms with Gasteiger partial charge in [-0.15, -0.1) is 0 Å². The van der Waals surface area contributed by atoms with E-state index in [1.54, 1.807) is 30.3 Å². The number of sulfone groups is 1. The third-order valence-corrected chi connectivity index (χ3v) is 4.91. The van der Waals surface area contributed by atoms with Gasteiger partial charge in [-0.1, -0.05) is 18.2 Å². The van der Waals surface area contributed by atoms with Crippen molar-refractivity contribution in [3.8, 4) is 0 Å². The van der Waals surface area contributed by atoms with Crippen molar-refractivity contribution in [3.63, 3.8) is 0 Å². The summed E-state index contributed by atoms with van der Waals surface area (Å²) in [5.41, 5.74) is 0. The van der Waals surface area contributed by atoms with Crippen LogP contribution in [0.3, 0.4) is 0 Å². The third-order valence-electron chi connectivity index (χ3n) is 3.20. The lowest BCUT2D eigenvalue weighted by molar-refractivity contribution is 0.196. The average molecular weight is 269 g/mol. The maximum absolute atomic E-state index is 12.1. The highest BCUT2D eigenvalue weighted by Crippen LogP contribution is 2.26. The van der Waals surface area contributed by atoms with E-state index in [-0.39, 0.29) is 12.4 Å². The van der Waals surface area contributed by atoms with Gasteiger partial charge >= 0.3 is 0 Å². The van der Waals surface area contributed by atoms with E-state index in [2.05, 4.69) is 4.90 Å². The molecule has 1 saturated carbocycles. The summed E-state index contributed by atoms with van der Waals surface area (Å²) in [5.74, 6) is 0.119. The van der Waals surface area contributed by atoms with Gasteiger partial charge in [0.05, 0.1) is 17.3 Å². The molecule has 0 spiro atoms. The molecule has 1 fully saturated rings. The molecule has 1 N–H and O–H groups in total. The van der Waals surface area contributed by atoms with Crippen molar-refractivity contribution in [3.05, 3.63) is 30.3 Å². The Labute approximate surface area is 108 Å². The Kier molecular flexibility index (Phi) is 4.37. The van der Waals surface area contributed by atoms with E-state index in [0.717, 1.165) is 12.8 Å². The SMILES string of the molecule is O=S(=O)(CCN(CCO)C1CC1)c1ccccc1. The smallest absolute Gasteiger partial charge is 0.179 e. The van der Waals surface area contributed by atoms with Gasteiger partial charge in [0, 0.05) is 19.1 Å². The summed E-state index contributed by atoms with van der Waals surface area (Å²) in [7, 11) is -3.20. The molecule has 0 aliphatic heterocycles. The summed E-state index contributed by atoms with van der Waals surface area (Å²) in [6.45, 7) is 1.15. The van der Waals surface area contributed by atoms with Gasteiger partial charge in [0.25, 0.3) is 0 Å². The number of rotatable bonds is 7. The van der Waals surface area contributed by atoms with Crippen molar-refractivity contribution >= 4 is 9.84 Å². The van der Waals surface area contributed by atoms with Gasteiger partial charge in [-0.2, -0.15) is 0 Å². The average Bonchev–Trinajstić information content (AvgIpc) is 3.20. The maximum atomic E-state index is 12.1. The fraction of sp³-hybridized carbons (Fsp3) is 0.538. The fourth-order valence-corrected chi connectivity index (χ4v) is 3.31. The van der Waals surface area contributed by atoms with Crippen LogP contribution in [-0.2, 0) is 9.84 Å². The van der Waals surface area contributed by atoms with Crippen LogP contribution in [-0.4, -0.2) is 49.9 Å². The van der Waals surface area contributed by atoms with Crippen LogP contribution < -0.4 is 0 Å². The van der Waals surface area contributed by atoms with Crippen LogP contribution in [0.4, 0.5) is 0 Å². The van der Waals surface area contributed by atoms with Crippen molar-refractivity contribution in [2.45, 2.75) is 23.8 Å². The van der Waals surface area contributed by atoms with Gasteiger partial charge in [0.15, 0.2) is 9.84 Å². The Hall–Kier alpha value is -0.910. The summed E-state index contributed by atoms with van der Waals surface area (Å²) in [4.78, 5) is 2.45. The lowest BCUT2D eigenvalue weighted by atomic mass is 10.4. The van der Waals surface area contributed by atoms with Crippen LogP contribution >= 0.6 is 0 Å². The summed E-state index contributed by atoms with van der Waals surface area (Å²) >= 11 is 0. The molecule has 1 aliphatic rings. The van der Waals surface area contributed by atoms with Crippen molar-refractivity contribution in [1.82, 2.24) is 4.90 Å². The second-order valence-electron chi connectivity index (χ2n) is 4.62. The maximum Gasteiger partial charge on any atom is 0.179 e. The zero-order valence-corrected chi connectivity index (χ0v) is 11.1. The van der Waals surface area contributed by atoms with Gasteiger partial charge in [-0.25, -0.2) is 8.42 Å². The molecular weight excluding hydrogens is 250 g/mol. The number of aliphatic hydroxyl groups excluding tert-OH is 1. The van der Waals surface area contributed by atoms with Crippen molar-refractivity contribution < 1.29 is 13.5 Å². The second-order valence-corrected chi connectivity index (χ2v) is 6.73. The highest BCUT2D eigenvalue weighted by Gasteiger charge is 2.29. The zero-order valence-electron chi connectivity index (χ0n) is 10.3. The van der Waals surface area contributed by atoms with Crippen LogP contribution in [0.2, 0.25) is 0 Å². The zero-order chi connectivity index (χ0) is 13.0. The molecule has 0 radical (unpaired) electrons. The first kappa shape index (κ1) is 13.5. The number of hydrogen-bond donors (Lipinski definition) is 1. The molecule has 0 unspecified atom stereocenters. The first-order valence-electron chi connectivity index (χ1n) is 6.26. The largest absolute Gasteiger partial charge is 0.395 e. The van der Waals surface area contributed by atoms with Crippen molar-refractivity contribution in [1.29, 1.82) is 0 Å². The number of benzene rings is 1. The number of aliphatic hydroxyl groups is 1. The Morgan fingerprint density at radius 1 is 1.17 bits per heavy atom. The first-order chi connectivity index (χ1) is 8.63. The van der Waals surface area contributed by atoms with Gasteiger partial charge < -0.3 is 5.11 Å². The molecule has 100 valence electrons. The molecule has 0 saturated heterocycles. The lowest BCUT2D eigenvalue weighted by Crippen LogP contribution is -2.33. The van der Waals surface area contributed by atoms with Gasteiger partial charge in [0.1, 0.15) is 0 Å². The minimum atomic E-state index is -3.20. The summed E-state index contributed by atoms with van der Waals surface area (Å²) < 4.78 is 24.2. The number of hydrogen-bond acceptors (Lipinski definition) is 4. The first-order valence-corrected chi connectivity index (χ1v) is 7.91.